The Morgan fingerprint density at radius 1 is 0.420 bits per heavy atom. The number of hydrogen-bond donors (Lipinski definition) is 6. The number of aromatic hydroxyl groups is 3. The van der Waals surface area contributed by atoms with Crippen molar-refractivity contribution < 1.29 is 53.8 Å². The minimum Gasteiger partial charge on any atom is -0.508 e. The second kappa shape index (κ2) is 46.8. The molecule has 0 bridgehead atoms. The zero-order valence-electron chi connectivity index (χ0n) is 86.0. The molecule has 36 heteroatoms. The van der Waals surface area contributed by atoms with Crippen molar-refractivity contribution in [2.24, 2.45) is 0 Å². The average molecular weight is 2030 g/mol. The zero-order valence-corrected chi connectivity index (χ0v) is 86.0. The highest BCUT2D eigenvalue weighted by Gasteiger charge is 2.37. The van der Waals surface area contributed by atoms with Gasteiger partial charge < -0.3 is 109 Å². The first-order chi connectivity index (χ1) is 73.0. The van der Waals surface area contributed by atoms with Crippen molar-refractivity contribution in [2.75, 3.05) is 229 Å². The van der Waals surface area contributed by atoms with E-state index in [0.717, 1.165) is 232 Å². The molecule has 4 amide bonds. The number of nitrogens with zero attached hydrogens (tertiary/aromatic N) is 23. The first kappa shape index (κ1) is 103. The number of aliphatic hydroxyl groups excluding tert-OH is 1. The number of allylic oxidation sites excluding steroid dienone is 1. The van der Waals surface area contributed by atoms with Gasteiger partial charge in [-0.05, 0) is 156 Å². The highest BCUT2D eigenvalue weighted by Crippen LogP contribution is 2.43. The van der Waals surface area contributed by atoms with Crippen LogP contribution < -0.4 is 64.5 Å². The van der Waals surface area contributed by atoms with Crippen molar-refractivity contribution in [1.82, 2.24) is 79.6 Å². The van der Waals surface area contributed by atoms with Crippen LogP contribution in [0.15, 0.2) is 209 Å². The standard InChI is InChI=1S/C32H40N6O3.C30H34N6O3.C29H36N6O4.C23H25N7O/c1-3-30(40)36-15-17-37(18-16-36)31-27-11-14-38(29-20-25(39)19-24-9-5-6-10-26(24)29)22-28(27)33-32(34-31)41-23(2)21-35-12-7-4-8-13-35;1-3-28(38)34-12-14-35(15-13-34)29-25-10-11-36(27-17-23(37)16-21-6-4-5-7-24(21)27)18-26(25)32-30(33-29)39-19-22-9-8-20(2)31-22;1-4-27(38)33-11-13-34(14-12-33)28-24-9-10-35(26-16-22(37)15-20-7-5-6-8-23(20)26)17-25(24)30-29(31-28)39-19-21(18-36)32(2)3;1-2-21(31)28-9-11-29(12-10-28)22-18-7-8-30(14-19(18)25-15-26-22)23-17-6-4-3-5-16(17)13-20(24)27-23/h3,5-6,9-10,19-20,23,39H,1,4,7-8,11-18,21-22H2,2H3;3-7,16-17,22,31,37H,1-2,8-15,18-19H2;4-8,15-16,21,36-37H,1,9-14,17-19H2,2-3H3;2-6,13,15H,1,7-12,14H2,(H2,24,27)/t23-;22-;;/m10../s1. The lowest BCUT2D eigenvalue weighted by molar-refractivity contribution is -0.127. The van der Waals surface area contributed by atoms with Crippen LogP contribution in [-0.4, -0.2) is 321 Å². The van der Waals surface area contributed by atoms with Gasteiger partial charge in [0.05, 0.1) is 67.6 Å². The molecule has 782 valence electrons. The van der Waals surface area contributed by atoms with Crippen LogP contribution in [0.4, 0.5) is 52.0 Å². The second-order valence-corrected chi connectivity index (χ2v) is 40.0. The topological polar surface area (TPSA) is 376 Å². The molecular weight excluding hydrogens is 1900 g/mol. The maximum Gasteiger partial charge on any atom is 0.318 e. The fourth-order valence-corrected chi connectivity index (χ4v) is 22.0. The Morgan fingerprint density at radius 3 is 1.20 bits per heavy atom. The van der Waals surface area contributed by atoms with E-state index in [-0.39, 0.29) is 78.3 Å². The Hall–Kier alpha value is -15.7. The molecule has 7 aromatic carbocycles. The molecule has 10 aliphatic rings. The normalized spacial score (nSPS) is 17.7. The SMILES string of the molecule is C=CC(=O)N1CCN(c2nc(OCC(CO)N(C)C)nc3c2CCN(c2cc(O)cc4ccccc24)C3)CC1.C=CC(=O)N1CCN(c2nc(OC[C@@H]3CCC(=C)N3)nc3c2CCN(c2cc(O)cc4ccccc24)C3)CC1.C=CC(=O)N1CCN(c2nc(O[C@H](C)CN3CCCCC3)nc3c2CCN(c2cc(O)cc4ccccc24)C3)CC1.C=CC(=O)N1CCN(c2ncnc3c2CCN(c2nc(N)cc4ccccc24)C3)CC1. The minimum absolute atomic E-state index is 0.0122. The van der Waals surface area contributed by atoms with Crippen LogP contribution in [0.2, 0.25) is 0 Å². The number of aliphatic hydroxyl groups is 1. The van der Waals surface area contributed by atoms with Gasteiger partial charge in [0, 0.05) is 222 Å². The number of nitrogens with one attached hydrogen (secondary N) is 1. The Bertz CT molecular complexity index is 7000. The lowest BCUT2D eigenvalue weighted by Gasteiger charge is -2.38. The first-order valence-electron chi connectivity index (χ1n) is 52.3. The molecule has 6 saturated heterocycles. The number of piperidine rings is 1. The number of nitrogen functional groups attached to an aromatic ring is 1. The van der Waals surface area contributed by atoms with Crippen LogP contribution in [0.3, 0.4) is 0 Å². The second-order valence-electron chi connectivity index (χ2n) is 40.0. The van der Waals surface area contributed by atoms with E-state index in [2.05, 4.69) is 135 Å². The lowest BCUT2D eigenvalue weighted by atomic mass is 10.0. The Balaban J connectivity index is 0.000000126. The number of fused-ring (bicyclic) bond motifs is 8. The van der Waals surface area contributed by atoms with Crippen LogP contribution >= 0.6 is 0 Å². The number of amides is 4. The Labute approximate surface area is 874 Å². The molecule has 6 fully saturated rings. The molecule has 22 rings (SSSR count). The number of benzene rings is 7. The number of phenols is 3. The van der Waals surface area contributed by atoms with E-state index in [1.807, 2.05) is 131 Å². The molecule has 150 heavy (non-hydrogen) atoms. The van der Waals surface area contributed by atoms with E-state index < -0.39 is 0 Å². The first-order valence-corrected chi connectivity index (χ1v) is 52.3. The Morgan fingerprint density at radius 2 is 0.793 bits per heavy atom. The molecule has 0 saturated carbocycles. The molecule has 36 nitrogen and oxygen atoms in total. The summed E-state index contributed by atoms with van der Waals surface area (Å²) in [4.78, 5) is 121. The summed E-state index contributed by atoms with van der Waals surface area (Å²) in [6.07, 6.45) is 15.9. The highest BCUT2D eigenvalue weighted by molar-refractivity contribution is 5.99. The number of pyridine rings is 1. The van der Waals surface area contributed by atoms with E-state index in [4.69, 9.17) is 49.8 Å². The molecule has 0 aliphatic carbocycles. The van der Waals surface area contributed by atoms with E-state index in [1.54, 1.807) is 23.4 Å². The van der Waals surface area contributed by atoms with Gasteiger partial charge in [0.15, 0.2) is 0 Å². The summed E-state index contributed by atoms with van der Waals surface area (Å²) >= 11 is 0. The van der Waals surface area contributed by atoms with Crippen molar-refractivity contribution in [2.45, 2.75) is 109 Å². The number of phenolic OH excluding ortho intramolecular Hbond substituents is 3. The number of carbonyl (C=O) groups excluding carboxylic acids is 4. The van der Waals surface area contributed by atoms with Crippen molar-refractivity contribution >= 4 is 119 Å². The summed E-state index contributed by atoms with van der Waals surface area (Å²) in [6, 6.07) is 46.4. The average Bonchev–Trinajstić information content (AvgIpc) is 0.794. The van der Waals surface area contributed by atoms with Crippen molar-refractivity contribution in [3.8, 4) is 35.3 Å². The number of aromatic nitrogens is 9. The molecule has 1 unspecified atom stereocenters. The van der Waals surface area contributed by atoms with Gasteiger partial charge in [0.25, 0.3) is 0 Å². The van der Waals surface area contributed by atoms with E-state index in [1.165, 1.54) is 49.1 Å². The monoisotopic (exact) mass is 2030 g/mol. The third-order valence-electron chi connectivity index (χ3n) is 30.1. The summed E-state index contributed by atoms with van der Waals surface area (Å²) in [5.74, 6) is 5.66. The molecule has 3 atom stereocenters. The van der Waals surface area contributed by atoms with Gasteiger partial charge in [0.1, 0.15) is 77.8 Å². The van der Waals surface area contributed by atoms with Crippen LogP contribution in [-0.2, 0) is 71.0 Å². The number of anilines is 9. The summed E-state index contributed by atoms with van der Waals surface area (Å²) in [5.41, 5.74) is 18.4. The fourth-order valence-electron chi connectivity index (χ4n) is 22.0. The highest BCUT2D eigenvalue weighted by atomic mass is 16.5. The number of piperazine rings is 4. The van der Waals surface area contributed by atoms with Crippen molar-refractivity contribution in [3.63, 3.8) is 0 Å². The molecular formula is C114H135N25O11. The number of hydrogen-bond acceptors (Lipinski definition) is 32. The molecule has 5 aromatic heterocycles. The third kappa shape index (κ3) is 23.5. The van der Waals surface area contributed by atoms with Gasteiger partial charge in [-0.25, -0.2) is 15.0 Å². The summed E-state index contributed by atoms with van der Waals surface area (Å²) < 4.78 is 18.6. The number of carbonyl (C=O) groups is 4. The predicted molar refractivity (Wildman–Crippen MR) is 587 cm³/mol. The van der Waals surface area contributed by atoms with E-state index in [9.17, 15) is 39.6 Å². The molecule has 10 aliphatic heterocycles. The van der Waals surface area contributed by atoms with Crippen molar-refractivity contribution in [3.05, 3.63) is 254 Å². The largest absolute Gasteiger partial charge is 0.508 e. The van der Waals surface area contributed by atoms with Crippen LogP contribution in [0, 0.1) is 0 Å². The van der Waals surface area contributed by atoms with Gasteiger partial charge in [-0.1, -0.05) is 136 Å². The number of likely N-dealkylation sites (tertiary alicyclic amines) is 1. The predicted octanol–water partition coefficient (Wildman–Crippen LogP) is 11.4. The van der Waals surface area contributed by atoms with Crippen LogP contribution in [0.5, 0.6) is 35.3 Å². The number of likely N-dealkylation sites (N-methyl/N-ethyl adjacent to an activating group) is 1. The molecule has 0 spiro atoms. The Kier molecular flexibility index (Phi) is 32.1. The smallest absolute Gasteiger partial charge is 0.318 e. The third-order valence-corrected chi connectivity index (χ3v) is 30.1. The minimum atomic E-state index is -0.184. The van der Waals surface area contributed by atoms with Gasteiger partial charge in [-0.15, -0.1) is 0 Å². The van der Waals surface area contributed by atoms with E-state index >= 15 is 0 Å². The molecule has 7 N–H and O–H groups in total. The number of rotatable bonds is 24. The van der Waals surface area contributed by atoms with Crippen LogP contribution in [0.1, 0.15) is 84.1 Å². The summed E-state index contributed by atoms with van der Waals surface area (Å²) in [5, 5.41) is 52.9. The maximum atomic E-state index is 12.2. The quantitative estimate of drug-likeness (QED) is 0.0306. The van der Waals surface area contributed by atoms with Gasteiger partial charge in [-0.3, -0.25) is 24.1 Å². The van der Waals surface area contributed by atoms with Crippen molar-refractivity contribution in [1.29, 1.82) is 0 Å². The van der Waals surface area contributed by atoms with E-state index in [0.29, 0.717) is 142 Å². The number of nitrogens with two attached hydrogens (primary N) is 1. The van der Waals surface area contributed by atoms with Gasteiger partial charge in [-0.2, -0.15) is 29.9 Å². The molecule has 15 heterocycles. The fraction of sp³-hybridized carbons (Fsp3) is 0.395. The maximum absolute atomic E-state index is 12.2. The van der Waals surface area contributed by atoms with Gasteiger partial charge >= 0.3 is 18.0 Å². The lowest BCUT2D eigenvalue weighted by Crippen LogP contribution is -2.49. The summed E-state index contributed by atoms with van der Waals surface area (Å²) in [6.45, 7) is 40.5. The molecule has 0 radical (unpaired) electrons. The van der Waals surface area contributed by atoms with Gasteiger partial charge in [0.2, 0.25) is 23.6 Å². The molecule has 12 aromatic rings. The number of ether oxygens (including phenoxy) is 3. The summed E-state index contributed by atoms with van der Waals surface area (Å²) in [7, 11) is 3.79. The van der Waals surface area contributed by atoms with Crippen LogP contribution in [0.25, 0.3) is 43.1 Å². The zero-order chi connectivity index (χ0) is 104.